The van der Waals surface area contributed by atoms with Gasteiger partial charge in [0.05, 0.1) is 24.3 Å². The summed E-state index contributed by atoms with van der Waals surface area (Å²) < 4.78 is 21.8. The zero-order valence-electron chi connectivity index (χ0n) is 36.3. The smallest absolute Gasteiger partial charge is 0.414 e. The van der Waals surface area contributed by atoms with Crippen LogP contribution in [0.1, 0.15) is 70.0 Å². The van der Waals surface area contributed by atoms with Gasteiger partial charge in [0.2, 0.25) is 0 Å². The molecule has 4 N–H and O–H groups in total. The molecule has 0 aromatic heterocycles. The normalized spacial score (nSPS) is 18.4. The van der Waals surface area contributed by atoms with Gasteiger partial charge in [-0.05, 0) is 109 Å². The molecular formula is C47H56Cl2N2O12. The van der Waals surface area contributed by atoms with E-state index < -0.39 is 30.3 Å². The lowest BCUT2D eigenvalue weighted by Gasteiger charge is -2.40. The molecule has 7 rings (SSSR count). The van der Waals surface area contributed by atoms with E-state index in [1.54, 1.807) is 28.4 Å². The average molecular weight is 912 g/mol. The Morgan fingerprint density at radius 2 is 1.22 bits per heavy atom. The number of rotatable bonds is 10. The number of benzene rings is 4. The van der Waals surface area contributed by atoms with Gasteiger partial charge >= 0.3 is 23.9 Å². The molecule has 1 heterocycles. The Morgan fingerprint density at radius 1 is 0.683 bits per heavy atom. The molecule has 0 fully saturated rings. The van der Waals surface area contributed by atoms with Gasteiger partial charge in [0.1, 0.15) is 17.9 Å². The molecule has 63 heavy (non-hydrogen) atoms. The fourth-order valence-corrected chi connectivity index (χ4v) is 9.02. The zero-order chi connectivity index (χ0) is 46.4. The third kappa shape index (κ3) is 13.4. The Bertz CT molecular complexity index is 2180. The number of methoxy groups -OCH3 is 4. The monoisotopic (exact) mass is 910 g/mol. The summed E-state index contributed by atoms with van der Waals surface area (Å²) in [5, 5.41) is 31.5. The van der Waals surface area contributed by atoms with Gasteiger partial charge in [-0.1, -0.05) is 77.8 Å². The number of aryl methyl sites for hydroxylation is 2. The highest BCUT2D eigenvalue weighted by molar-refractivity contribution is 6.32. The Labute approximate surface area is 377 Å². The topological polar surface area (TPSA) is 193 Å². The zero-order valence-corrected chi connectivity index (χ0v) is 37.8. The molecule has 14 nitrogen and oxygen atoms in total. The first-order chi connectivity index (χ1) is 30.0. The van der Waals surface area contributed by atoms with Crippen LogP contribution in [0.2, 0.25) is 10.0 Å². The molecule has 4 aromatic rings. The van der Waals surface area contributed by atoms with Crippen molar-refractivity contribution in [3.05, 3.63) is 128 Å². The molecule has 2 aliphatic carbocycles. The molecule has 0 bridgehead atoms. The second kappa shape index (κ2) is 24.0. The number of ether oxygens (including phenoxy) is 4. The molecule has 3 aliphatic rings. The SMILES string of the molecule is COc1cc([C@H]2c3ccccc3CC[C@@H]2N(C)CC(OC)OC)ccc1Cl.COc1cc2c(cc1Cl)CCN(C)[C@H]1CCc3ccccc3[C@H]21.O=C(O)C(=O)O.O=C(O)CC(=O)O. The van der Waals surface area contributed by atoms with E-state index in [4.69, 9.17) is 72.2 Å². The van der Waals surface area contributed by atoms with Crippen molar-refractivity contribution in [2.75, 3.05) is 55.6 Å². The van der Waals surface area contributed by atoms with E-state index in [0.29, 0.717) is 35.3 Å². The number of carboxylic acid groups (broad SMARTS) is 4. The molecule has 0 amide bonds. The minimum absolute atomic E-state index is 0.237. The van der Waals surface area contributed by atoms with Crippen LogP contribution in [0, 0.1) is 0 Å². The van der Waals surface area contributed by atoms with Gasteiger partial charge in [0.25, 0.3) is 0 Å². The summed E-state index contributed by atoms with van der Waals surface area (Å²) in [4.78, 5) is 41.9. The number of aliphatic carboxylic acids is 4. The third-order valence-corrected chi connectivity index (χ3v) is 12.2. The minimum Gasteiger partial charge on any atom is -0.495 e. The first-order valence-electron chi connectivity index (χ1n) is 20.3. The Balaban J connectivity index is 0.000000218. The van der Waals surface area contributed by atoms with Crippen LogP contribution in [-0.4, -0.2) is 128 Å². The maximum Gasteiger partial charge on any atom is 0.414 e. The van der Waals surface area contributed by atoms with E-state index >= 15 is 0 Å². The van der Waals surface area contributed by atoms with E-state index in [0.717, 1.165) is 36.6 Å². The summed E-state index contributed by atoms with van der Waals surface area (Å²) in [5.74, 6) is -4.12. The summed E-state index contributed by atoms with van der Waals surface area (Å²) in [6.45, 7) is 1.79. The lowest BCUT2D eigenvalue weighted by Crippen LogP contribution is -2.44. The Hall–Kier alpha value is -5.22. The van der Waals surface area contributed by atoms with Crippen molar-refractivity contribution in [1.29, 1.82) is 0 Å². The van der Waals surface area contributed by atoms with Gasteiger partial charge < -0.3 is 44.3 Å². The number of carbonyl (C=O) groups is 4. The van der Waals surface area contributed by atoms with Crippen molar-refractivity contribution in [3.8, 4) is 11.5 Å². The van der Waals surface area contributed by atoms with Crippen LogP contribution >= 0.6 is 23.2 Å². The largest absolute Gasteiger partial charge is 0.495 e. The van der Waals surface area contributed by atoms with Gasteiger partial charge in [0.15, 0.2) is 6.29 Å². The molecule has 4 atom stereocenters. The molecule has 4 aromatic carbocycles. The highest BCUT2D eigenvalue weighted by atomic mass is 35.5. The summed E-state index contributed by atoms with van der Waals surface area (Å²) in [5.41, 5.74) is 9.73. The second-order valence-corrected chi connectivity index (χ2v) is 16.1. The van der Waals surface area contributed by atoms with Crippen molar-refractivity contribution >= 4 is 47.1 Å². The van der Waals surface area contributed by atoms with Crippen molar-refractivity contribution in [2.24, 2.45) is 0 Å². The van der Waals surface area contributed by atoms with Crippen LogP contribution in [-0.2, 0) is 47.9 Å². The summed E-state index contributed by atoms with van der Waals surface area (Å²) in [6.07, 6.45) is 4.52. The first kappa shape index (κ1) is 50.4. The van der Waals surface area contributed by atoms with E-state index in [1.807, 2.05) is 6.07 Å². The fraction of sp³-hybridized carbons (Fsp3) is 0.404. The van der Waals surface area contributed by atoms with Crippen LogP contribution in [0.5, 0.6) is 11.5 Å². The lowest BCUT2D eigenvalue weighted by molar-refractivity contribution is -0.159. The van der Waals surface area contributed by atoms with E-state index in [9.17, 15) is 9.59 Å². The predicted molar refractivity (Wildman–Crippen MR) is 239 cm³/mol. The Morgan fingerprint density at radius 3 is 1.75 bits per heavy atom. The number of hydrogen-bond donors (Lipinski definition) is 4. The fourth-order valence-electron chi connectivity index (χ4n) is 8.56. The molecule has 0 spiro atoms. The first-order valence-corrected chi connectivity index (χ1v) is 21.0. The number of likely N-dealkylation sites (N-methyl/N-ethyl adjacent to an activating group) is 2. The van der Waals surface area contributed by atoms with Crippen LogP contribution in [0.25, 0.3) is 0 Å². The van der Waals surface area contributed by atoms with Crippen LogP contribution in [0.3, 0.4) is 0 Å². The average Bonchev–Trinajstić information content (AvgIpc) is 3.40. The standard InChI is InChI=1S/C22H28ClNO3.C20H22ClNO.C3H4O4.C2H2O4/c1-24(14-21(26-3)27-4)19-12-10-15-7-5-6-8-17(15)22(19)16-9-11-18(23)20(13-16)25-2;1-22-10-9-14-11-17(21)19(23-2)12-16(14)20-15-6-4-3-5-13(15)7-8-18(20)22;4-2(5)1-3(6)7;3-1(4)2(5)6/h5-9,11,13,19,21-22H,10,12,14H2,1-4H3;3-6,11-12,18,20H,7-10H2,1-2H3;1H2,(H,4,5)(H,6,7);(H,3,4)(H,5,6)/t19-,22-;18-,20+;;/m00../s1. The van der Waals surface area contributed by atoms with Crippen LogP contribution in [0.4, 0.5) is 0 Å². The number of halogens is 2. The lowest BCUT2D eigenvalue weighted by atomic mass is 9.74. The van der Waals surface area contributed by atoms with Gasteiger partial charge in [-0.3, -0.25) is 14.5 Å². The van der Waals surface area contributed by atoms with E-state index in [2.05, 4.69) is 96.7 Å². The number of fused-ring (bicyclic) bond motifs is 6. The number of nitrogens with zero attached hydrogens (tertiary/aromatic N) is 2. The molecule has 0 radical (unpaired) electrons. The van der Waals surface area contributed by atoms with Crippen molar-refractivity contribution < 1.29 is 58.6 Å². The van der Waals surface area contributed by atoms with Gasteiger partial charge in [-0.15, -0.1) is 0 Å². The maximum absolute atomic E-state index is 9.43. The van der Waals surface area contributed by atoms with Gasteiger partial charge in [-0.25, -0.2) is 9.59 Å². The highest BCUT2D eigenvalue weighted by Gasteiger charge is 2.37. The number of hydrogen-bond acceptors (Lipinski definition) is 10. The second-order valence-electron chi connectivity index (χ2n) is 15.3. The quantitative estimate of drug-likeness (QED) is 0.0702. The van der Waals surface area contributed by atoms with E-state index in [1.165, 1.54) is 51.8 Å². The van der Waals surface area contributed by atoms with Crippen LogP contribution < -0.4 is 9.47 Å². The molecule has 340 valence electrons. The predicted octanol–water partition coefficient (Wildman–Crippen LogP) is 7.33. The molecule has 0 unspecified atom stereocenters. The summed E-state index contributed by atoms with van der Waals surface area (Å²) in [6, 6.07) is 28.9. The van der Waals surface area contributed by atoms with Crippen molar-refractivity contribution in [1.82, 2.24) is 9.80 Å². The minimum atomic E-state index is -1.82. The van der Waals surface area contributed by atoms with Gasteiger partial charge in [0, 0.05) is 51.2 Å². The molecule has 0 saturated heterocycles. The van der Waals surface area contributed by atoms with Crippen molar-refractivity contribution in [3.63, 3.8) is 0 Å². The molecule has 16 heteroatoms. The molecular weight excluding hydrogens is 855 g/mol. The third-order valence-electron chi connectivity index (χ3n) is 11.6. The summed E-state index contributed by atoms with van der Waals surface area (Å²) in [7, 11) is 11.1. The molecule has 0 saturated carbocycles. The van der Waals surface area contributed by atoms with Crippen molar-refractivity contribution in [2.45, 2.75) is 68.7 Å². The Kier molecular flexibility index (Phi) is 19.2. The highest BCUT2D eigenvalue weighted by Crippen LogP contribution is 2.45. The maximum atomic E-state index is 9.43. The number of carboxylic acids is 4. The summed E-state index contributed by atoms with van der Waals surface area (Å²) >= 11 is 12.7. The van der Waals surface area contributed by atoms with Gasteiger partial charge in [-0.2, -0.15) is 0 Å². The molecule has 1 aliphatic heterocycles. The van der Waals surface area contributed by atoms with Crippen LogP contribution in [0.15, 0.2) is 78.9 Å². The van der Waals surface area contributed by atoms with E-state index in [-0.39, 0.29) is 12.2 Å².